The molecular weight excluding hydrogens is 328 g/mol. The molecule has 0 radical (unpaired) electrons. The van der Waals surface area contributed by atoms with Gasteiger partial charge in [-0.2, -0.15) is 0 Å². The molecule has 0 fully saturated rings. The van der Waals surface area contributed by atoms with Crippen molar-refractivity contribution in [1.29, 1.82) is 0 Å². The summed E-state index contributed by atoms with van der Waals surface area (Å²) in [5.74, 6) is 0. The van der Waals surface area contributed by atoms with Crippen LogP contribution in [0.15, 0.2) is 22.0 Å². The summed E-state index contributed by atoms with van der Waals surface area (Å²) in [4.78, 5) is 0. The minimum Gasteiger partial charge on any atom is -0.392 e. The zero-order chi connectivity index (χ0) is 10.1. The van der Waals surface area contributed by atoms with Crippen LogP contribution in [0.3, 0.4) is 0 Å². The summed E-state index contributed by atoms with van der Waals surface area (Å²) in [6.07, 6.45) is 0. The van der Waals surface area contributed by atoms with Crippen LogP contribution in [0.25, 0.3) is 10.1 Å². The van der Waals surface area contributed by atoms with Gasteiger partial charge in [0.15, 0.2) is 0 Å². The first-order chi connectivity index (χ1) is 6.77. The molecule has 0 unspecified atom stereocenters. The number of hydrogen-bond acceptors (Lipinski definition) is 2. The predicted molar refractivity (Wildman–Crippen MR) is 68.1 cm³/mol. The molecule has 0 saturated carbocycles. The van der Waals surface area contributed by atoms with Gasteiger partial charge in [-0.15, -0.1) is 11.3 Å². The quantitative estimate of drug-likeness (QED) is 0.821. The fraction of sp³-hybridized carbons (Fsp3) is 0.200. The van der Waals surface area contributed by atoms with E-state index in [1.165, 1.54) is 15.6 Å². The third kappa shape index (κ3) is 1.65. The van der Waals surface area contributed by atoms with Gasteiger partial charge in [-0.25, -0.2) is 0 Å². The summed E-state index contributed by atoms with van der Waals surface area (Å²) in [7, 11) is 0. The molecule has 1 aromatic heterocycles. The Labute approximate surface area is 103 Å². The van der Waals surface area contributed by atoms with Crippen LogP contribution >= 0.6 is 43.2 Å². The summed E-state index contributed by atoms with van der Waals surface area (Å²) in [5, 5.41) is 13.3. The van der Waals surface area contributed by atoms with E-state index in [1.54, 1.807) is 11.3 Å². The lowest BCUT2D eigenvalue weighted by molar-refractivity contribution is 0.283. The van der Waals surface area contributed by atoms with Crippen molar-refractivity contribution in [2.75, 3.05) is 0 Å². The number of alkyl halides is 1. The topological polar surface area (TPSA) is 20.2 Å². The summed E-state index contributed by atoms with van der Waals surface area (Å²) < 4.78 is 2.30. The van der Waals surface area contributed by atoms with Crippen molar-refractivity contribution in [2.45, 2.75) is 11.9 Å². The third-order valence-electron chi connectivity index (χ3n) is 2.14. The summed E-state index contributed by atoms with van der Waals surface area (Å²) in [5.41, 5.74) is 2.19. The molecule has 0 spiro atoms. The van der Waals surface area contributed by atoms with Gasteiger partial charge in [0.2, 0.25) is 0 Å². The smallest absolute Gasteiger partial charge is 0.0695 e. The van der Waals surface area contributed by atoms with Gasteiger partial charge in [-0.05, 0) is 38.5 Å². The molecule has 0 aliphatic heterocycles. The molecule has 2 aromatic rings. The van der Waals surface area contributed by atoms with Gasteiger partial charge in [-0.3, -0.25) is 0 Å². The average Bonchev–Trinajstić information content (AvgIpc) is 2.68. The van der Waals surface area contributed by atoms with Gasteiger partial charge in [0, 0.05) is 19.9 Å². The number of benzene rings is 1. The van der Waals surface area contributed by atoms with Gasteiger partial charge in [0.05, 0.1) is 6.61 Å². The van der Waals surface area contributed by atoms with E-state index in [9.17, 15) is 5.11 Å². The van der Waals surface area contributed by atoms with Gasteiger partial charge < -0.3 is 5.11 Å². The second-order valence-electron chi connectivity index (χ2n) is 2.96. The van der Waals surface area contributed by atoms with Crippen molar-refractivity contribution in [2.24, 2.45) is 0 Å². The van der Waals surface area contributed by atoms with Gasteiger partial charge in [-0.1, -0.05) is 22.0 Å². The van der Waals surface area contributed by atoms with E-state index in [2.05, 4.69) is 37.9 Å². The molecule has 0 amide bonds. The van der Waals surface area contributed by atoms with Crippen LogP contribution in [-0.2, 0) is 11.9 Å². The van der Waals surface area contributed by atoms with Crippen LogP contribution in [-0.4, -0.2) is 5.11 Å². The Morgan fingerprint density at radius 2 is 2.14 bits per heavy atom. The summed E-state index contributed by atoms with van der Waals surface area (Å²) >= 11 is 8.68. The fourth-order valence-electron chi connectivity index (χ4n) is 1.46. The Hall–Kier alpha value is 0.1000. The van der Waals surface area contributed by atoms with Crippen molar-refractivity contribution < 1.29 is 5.11 Å². The lowest BCUT2D eigenvalue weighted by Gasteiger charge is -2.06. The van der Waals surface area contributed by atoms with E-state index in [4.69, 9.17) is 0 Å². The Morgan fingerprint density at radius 1 is 1.36 bits per heavy atom. The fourth-order valence-corrected chi connectivity index (χ4v) is 3.90. The molecule has 0 aliphatic carbocycles. The van der Waals surface area contributed by atoms with Crippen LogP contribution in [0.5, 0.6) is 0 Å². The Morgan fingerprint density at radius 3 is 2.79 bits per heavy atom. The summed E-state index contributed by atoms with van der Waals surface area (Å²) in [6, 6.07) is 4.12. The highest BCUT2D eigenvalue weighted by atomic mass is 79.9. The van der Waals surface area contributed by atoms with Crippen LogP contribution < -0.4 is 0 Å². The molecule has 1 aromatic carbocycles. The zero-order valence-corrected chi connectivity index (χ0v) is 11.2. The molecule has 0 bridgehead atoms. The standard InChI is InChI=1S/C10H8Br2OS/c11-4-6-3-7(5-13)10-8(9(6)12)1-2-14-10/h1-3,13H,4-5H2. The van der Waals surface area contributed by atoms with Gasteiger partial charge in [0.1, 0.15) is 0 Å². The van der Waals surface area contributed by atoms with E-state index in [-0.39, 0.29) is 6.61 Å². The maximum atomic E-state index is 9.24. The van der Waals surface area contributed by atoms with Gasteiger partial charge in [0.25, 0.3) is 0 Å². The molecule has 1 heterocycles. The lowest BCUT2D eigenvalue weighted by Crippen LogP contribution is -1.88. The molecule has 0 atom stereocenters. The third-order valence-corrected chi connectivity index (χ3v) is 4.67. The number of fused-ring (bicyclic) bond motifs is 1. The molecule has 1 N–H and O–H groups in total. The minimum absolute atomic E-state index is 0.101. The molecule has 4 heteroatoms. The number of hydrogen-bond donors (Lipinski definition) is 1. The van der Waals surface area contributed by atoms with Gasteiger partial charge >= 0.3 is 0 Å². The Bertz CT molecular complexity index is 464. The molecule has 0 aliphatic rings. The minimum atomic E-state index is 0.101. The molecule has 14 heavy (non-hydrogen) atoms. The monoisotopic (exact) mass is 334 g/mol. The lowest BCUT2D eigenvalue weighted by atomic mass is 10.1. The van der Waals surface area contributed by atoms with Crippen molar-refractivity contribution in [3.05, 3.63) is 33.1 Å². The largest absolute Gasteiger partial charge is 0.392 e. The molecule has 2 rings (SSSR count). The second-order valence-corrected chi connectivity index (χ2v) is 5.23. The van der Waals surface area contributed by atoms with Crippen LogP contribution in [0, 0.1) is 0 Å². The average molecular weight is 336 g/mol. The maximum absolute atomic E-state index is 9.24. The van der Waals surface area contributed by atoms with E-state index in [1.807, 2.05) is 11.4 Å². The molecule has 74 valence electrons. The first-order valence-corrected chi connectivity index (χ1v) is 6.91. The SMILES string of the molecule is OCc1cc(CBr)c(Br)c2ccsc12. The highest BCUT2D eigenvalue weighted by molar-refractivity contribution is 9.11. The van der Waals surface area contributed by atoms with Crippen molar-refractivity contribution >= 4 is 53.3 Å². The van der Waals surface area contributed by atoms with Crippen molar-refractivity contribution in [3.8, 4) is 0 Å². The second kappa shape index (κ2) is 4.31. The van der Waals surface area contributed by atoms with Crippen molar-refractivity contribution in [3.63, 3.8) is 0 Å². The molecule has 0 saturated heterocycles. The predicted octanol–water partition coefficient (Wildman–Crippen LogP) is 4.05. The Balaban J connectivity index is 2.80. The van der Waals surface area contributed by atoms with Crippen LogP contribution in [0.4, 0.5) is 0 Å². The summed E-state index contributed by atoms with van der Waals surface area (Å²) in [6.45, 7) is 0.101. The maximum Gasteiger partial charge on any atom is 0.0695 e. The normalized spacial score (nSPS) is 11.1. The number of rotatable bonds is 2. The molecular formula is C10H8Br2OS. The Kier molecular flexibility index (Phi) is 3.27. The number of halogens is 2. The highest BCUT2D eigenvalue weighted by Crippen LogP contribution is 2.35. The first-order valence-electron chi connectivity index (χ1n) is 4.12. The highest BCUT2D eigenvalue weighted by Gasteiger charge is 2.09. The number of aliphatic hydroxyl groups excluding tert-OH is 1. The van der Waals surface area contributed by atoms with E-state index >= 15 is 0 Å². The van der Waals surface area contributed by atoms with Crippen molar-refractivity contribution in [1.82, 2.24) is 0 Å². The number of aliphatic hydroxyl groups is 1. The number of thiophene rings is 1. The first kappa shape index (κ1) is 10.6. The van der Waals surface area contributed by atoms with E-state index in [0.29, 0.717) is 0 Å². The molecule has 1 nitrogen and oxygen atoms in total. The zero-order valence-electron chi connectivity index (χ0n) is 7.26. The van der Waals surface area contributed by atoms with E-state index < -0.39 is 0 Å². The van der Waals surface area contributed by atoms with Crippen LogP contribution in [0.1, 0.15) is 11.1 Å². The van der Waals surface area contributed by atoms with E-state index in [0.717, 1.165) is 15.4 Å². The van der Waals surface area contributed by atoms with Crippen LogP contribution in [0.2, 0.25) is 0 Å².